The van der Waals surface area contributed by atoms with Crippen LogP contribution >= 0.6 is 0 Å². The second kappa shape index (κ2) is 17.3. The molecule has 0 radical (unpaired) electrons. The third-order valence-corrected chi connectivity index (χ3v) is 9.48. The molecule has 0 N–H and O–H groups in total. The summed E-state index contributed by atoms with van der Waals surface area (Å²) < 4.78 is 8.96. The second-order valence-corrected chi connectivity index (χ2v) is 13.0. The zero-order chi connectivity index (χ0) is 33.1. The fraction of sp³-hybridized carbons (Fsp3) is 0.706. The standard InChI is InChI=1S/C34H54N8O4/c1-37-29-27(31(43)39(3)33(37)45)41(25-35-29)23-21-19-17-15-13-11-9-7-5-6-8-10-12-14-16-18-20-22-24-42-26-36-30-28(42)32(44)40(4)34(46)38(30)2/h25-26H,5-24H2,1-4H3. The van der Waals surface area contributed by atoms with Crippen LogP contribution in [0.5, 0.6) is 0 Å². The highest BCUT2D eigenvalue weighted by molar-refractivity contribution is 5.70. The molecule has 0 spiro atoms. The normalized spacial score (nSPS) is 11.8. The third kappa shape index (κ3) is 8.55. The molecule has 0 atom stereocenters. The van der Waals surface area contributed by atoms with Crippen molar-refractivity contribution in [2.45, 2.75) is 129 Å². The number of unbranched alkanes of at least 4 members (excludes halogenated alkanes) is 17. The van der Waals surface area contributed by atoms with Crippen molar-refractivity contribution in [2.75, 3.05) is 0 Å². The number of aryl methyl sites for hydroxylation is 4. The lowest BCUT2D eigenvalue weighted by atomic mass is 10.0. The fourth-order valence-electron chi connectivity index (χ4n) is 6.53. The van der Waals surface area contributed by atoms with E-state index in [9.17, 15) is 19.2 Å². The highest BCUT2D eigenvalue weighted by atomic mass is 16.2. The van der Waals surface area contributed by atoms with Crippen LogP contribution < -0.4 is 22.5 Å². The molecular weight excluding hydrogens is 584 g/mol. The molecule has 0 aliphatic carbocycles. The summed E-state index contributed by atoms with van der Waals surface area (Å²) in [6, 6.07) is 0. The Labute approximate surface area is 270 Å². The molecule has 4 rings (SSSR count). The maximum atomic E-state index is 12.5. The largest absolute Gasteiger partial charge is 0.332 e. The van der Waals surface area contributed by atoms with E-state index in [1.165, 1.54) is 113 Å². The predicted molar refractivity (Wildman–Crippen MR) is 184 cm³/mol. The Morgan fingerprint density at radius 2 is 0.674 bits per heavy atom. The number of hydrogen-bond acceptors (Lipinski definition) is 6. The van der Waals surface area contributed by atoms with Crippen molar-refractivity contribution in [3.63, 3.8) is 0 Å². The zero-order valence-corrected chi connectivity index (χ0v) is 28.5. The van der Waals surface area contributed by atoms with Gasteiger partial charge in [-0.3, -0.25) is 27.9 Å². The Morgan fingerprint density at radius 1 is 0.413 bits per heavy atom. The van der Waals surface area contributed by atoms with Gasteiger partial charge in [0.05, 0.1) is 12.7 Å². The van der Waals surface area contributed by atoms with Crippen LogP contribution in [0.15, 0.2) is 31.8 Å². The molecule has 12 heteroatoms. The van der Waals surface area contributed by atoms with Gasteiger partial charge in [-0.1, -0.05) is 103 Å². The predicted octanol–water partition coefficient (Wildman–Crippen LogP) is 4.90. The van der Waals surface area contributed by atoms with Gasteiger partial charge < -0.3 is 9.13 Å². The summed E-state index contributed by atoms with van der Waals surface area (Å²) in [5.74, 6) is 0. The van der Waals surface area contributed by atoms with Crippen molar-refractivity contribution in [2.24, 2.45) is 28.2 Å². The van der Waals surface area contributed by atoms with Crippen molar-refractivity contribution in [3.8, 4) is 0 Å². The van der Waals surface area contributed by atoms with E-state index in [-0.39, 0.29) is 22.5 Å². The summed E-state index contributed by atoms with van der Waals surface area (Å²) in [7, 11) is 6.34. The van der Waals surface area contributed by atoms with Gasteiger partial charge in [-0.2, -0.15) is 0 Å². The van der Waals surface area contributed by atoms with Crippen LogP contribution in [-0.4, -0.2) is 37.4 Å². The summed E-state index contributed by atoms with van der Waals surface area (Å²) in [5, 5.41) is 0. The van der Waals surface area contributed by atoms with Crippen LogP contribution in [-0.2, 0) is 41.3 Å². The molecule has 0 aromatic carbocycles. The minimum atomic E-state index is -0.343. The molecule has 4 heterocycles. The maximum absolute atomic E-state index is 12.5. The van der Waals surface area contributed by atoms with Crippen LogP contribution in [0.1, 0.15) is 116 Å². The number of imidazole rings is 2. The first-order valence-corrected chi connectivity index (χ1v) is 17.5. The third-order valence-electron chi connectivity index (χ3n) is 9.48. The van der Waals surface area contributed by atoms with Gasteiger partial charge in [0.25, 0.3) is 11.1 Å². The topological polar surface area (TPSA) is 124 Å². The van der Waals surface area contributed by atoms with Crippen LogP contribution in [0.3, 0.4) is 0 Å². The van der Waals surface area contributed by atoms with Gasteiger partial charge in [0.15, 0.2) is 22.3 Å². The molecule has 4 aromatic rings. The minimum absolute atomic E-state index is 0.274. The Kier molecular flexibility index (Phi) is 13.2. The Morgan fingerprint density at radius 3 is 0.957 bits per heavy atom. The van der Waals surface area contributed by atoms with E-state index in [0.29, 0.717) is 22.3 Å². The zero-order valence-electron chi connectivity index (χ0n) is 28.5. The van der Waals surface area contributed by atoms with Gasteiger partial charge in [0, 0.05) is 41.3 Å². The lowest BCUT2D eigenvalue weighted by Crippen LogP contribution is -2.37. The number of nitrogens with zero attached hydrogens (tertiary/aromatic N) is 8. The van der Waals surface area contributed by atoms with Gasteiger partial charge in [-0.25, -0.2) is 19.6 Å². The molecule has 0 fully saturated rings. The monoisotopic (exact) mass is 638 g/mol. The average Bonchev–Trinajstić information content (AvgIpc) is 3.68. The van der Waals surface area contributed by atoms with E-state index in [2.05, 4.69) is 9.97 Å². The summed E-state index contributed by atoms with van der Waals surface area (Å²) in [6.45, 7) is 1.51. The fourth-order valence-corrected chi connectivity index (χ4v) is 6.53. The van der Waals surface area contributed by atoms with E-state index in [4.69, 9.17) is 0 Å². The maximum Gasteiger partial charge on any atom is 0.332 e. The van der Waals surface area contributed by atoms with Crippen LogP contribution in [0.4, 0.5) is 0 Å². The SMILES string of the molecule is Cn1c(=O)c2c(ncn2CCCCCCCCCCCCCCCCCCCCn2cnc3c2c(=O)n(C)c(=O)n3C)n(C)c1=O. The second-order valence-electron chi connectivity index (χ2n) is 13.0. The summed E-state index contributed by atoms with van der Waals surface area (Å²) in [6.07, 6.45) is 26.0. The van der Waals surface area contributed by atoms with Crippen LogP contribution in [0.25, 0.3) is 22.3 Å². The van der Waals surface area contributed by atoms with Gasteiger partial charge in [-0.15, -0.1) is 0 Å². The van der Waals surface area contributed by atoms with Crippen LogP contribution in [0, 0.1) is 0 Å². The quantitative estimate of drug-likeness (QED) is 0.120. The summed E-state index contributed by atoms with van der Waals surface area (Å²) in [4.78, 5) is 57.9. The molecule has 0 unspecified atom stereocenters. The molecule has 0 saturated carbocycles. The Hall–Kier alpha value is -3.70. The van der Waals surface area contributed by atoms with Gasteiger partial charge in [0.1, 0.15) is 0 Å². The van der Waals surface area contributed by atoms with E-state index in [1.807, 2.05) is 9.13 Å². The molecule has 0 saturated heterocycles. The van der Waals surface area contributed by atoms with Crippen molar-refractivity contribution >= 4 is 22.3 Å². The van der Waals surface area contributed by atoms with Crippen molar-refractivity contribution in [3.05, 3.63) is 54.3 Å². The van der Waals surface area contributed by atoms with E-state index >= 15 is 0 Å². The van der Waals surface area contributed by atoms with Gasteiger partial charge in [0.2, 0.25) is 0 Å². The Bertz CT molecular complexity index is 1670. The van der Waals surface area contributed by atoms with Gasteiger partial charge in [-0.05, 0) is 12.8 Å². The number of aromatic nitrogens is 8. The molecule has 0 aliphatic rings. The molecule has 0 aliphatic heterocycles. The number of rotatable bonds is 21. The summed E-state index contributed by atoms with van der Waals surface area (Å²) >= 11 is 0. The lowest BCUT2D eigenvalue weighted by molar-refractivity contribution is 0.515. The molecule has 46 heavy (non-hydrogen) atoms. The van der Waals surface area contributed by atoms with Crippen molar-refractivity contribution in [1.29, 1.82) is 0 Å². The minimum Gasteiger partial charge on any atom is -0.325 e. The number of hydrogen-bond donors (Lipinski definition) is 0. The summed E-state index contributed by atoms with van der Waals surface area (Å²) in [5.41, 5.74) is 0.715. The van der Waals surface area contributed by atoms with Crippen LogP contribution in [0.2, 0.25) is 0 Å². The highest BCUT2D eigenvalue weighted by Crippen LogP contribution is 2.16. The molecule has 12 nitrogen and oxygen atoms in total. The average molecular weight is 639 g/mol. The van der Waals surface area contributed by atoms with E-state index < -0.39 is 0 Å². The first-order chi connectivity index (χ1) is 22.2. The molecule has 0 bridgehead atoms. The lowest BCUT2D eigenvalue weighted by Gasteiger charge is -2.07. The van der Waals surface area contributed by atoms with E-state index in [0.717, 1.165) is 47.9 Å². The number of fused-ring (bicyclic) bond motifs is 2. The van der Waals surface area contributed by atoms with Crippen molar-refractivity contribution in [1.82, 2.24) is 37.4 Å². The molecule has 4 aromatic heterocycles. The van der Waals surface area contributed by atoms with Gasteiger partial charge >= 0.3 is 11.4 Å². The first-order valence-electron chi connectivity index (χ1n) is 17.5. The Balaban J connectivity index is 0.928. The molecular formula is C34H54N8O4. The first kappa shape index (κ1) is 35.2. The molecule has 254 valence electrons. The highest BCUT2D eigenvalue weighted by Gasteiger charge is 2.15. The van der Waals surface area contributed by atoms with E-state index in [1.54, 1.807) is 26.7 Å². The van der Waals surface area contributed by atoms with Crippen molar-refractivity contribution < 1.29 is 0 Å². The smallest absolute Gasteiger partial charge is 0.325 e. The molecule has 0 amide bonds.